The van der Waals surface area contributed by atoms with Crippen LogP contribution in [0.5, 0.6) is 0 Å². The number of aromatic nitrogens is 4. The van der Waals surface area contributed by atoms with Gasteiger partial charge in [0.25, 0.3) is 5.91 Å². The van der Waals surface area contributed by atoms with Gasteiger partial charge in [-0.25, -0.2) is 19.9 Å². The Balaban J connectivity index is 1.63. The van der Waals surface area contributed by atoms with Crippen LogP contribution in [0.1, 0.15) is 72.3 Å². The van der Waals surface area contributed by atoms with Crippen molar-refractivity contribution in [2.45, 2.75) is 57.8 Å². The second-order valence-corrected chi connectivity index (χ2v) is 8.09. The molecule has 7 nitrogen and oxygen atoms in total. The predicted octanol–water partition coefficient (Wildman–Crippen LogP) is 2.40. The van der Waals surface area contributed by atoms with Crippen molar-refractivity contribution >= 4 is 11.9 Å². The Morgan fingerprint density at radius 3 is 2.85 bits per heavy atom. The normalized spacial score (nSPS) is 21.7. The summed E-state index contributed by atoms with van der Waals surface area (Å²) in [5.74, 6) is 1.08. The SMILES string of the molecule is Cc1ncc2c(n1)C1(CCCN(C(=O)c3cc(C(C)C)nc(N)n3)C1)CC2. The van der Waals surface area contributed by atoms with Crippen LogP contribution in [-0.4, -0.2) is 43.8 Å². The number of likely N-dealkylation sites (tertiary alicyclic amines) is 1. The third-order valence-electron chi connectivity index (χ3n) is 5.80. The predicted molar refractivity (Wildman–Crippen MR) is 102 cm³/mol. The average molecular weight is 366 g/mol. The molecule has 2 N–H and O–H groups in total. The monoisotopic (exact) mass is 366 g/mol. The molecule has 2 aromatic rings. The molecule has 27 heavy (non-hydrogen) atoms. The van der Waals surface area contributed by atoms with E-state index in [-0.39, 0.29) is 23.2 Å². The molecule has 1 amide bonds. The Morgan fingerprint density at radius 1 is 1.26 bits per heavy atom. The molecule has 0 radical (unpaired) electrons. The van der Waals surface area contributed by atoms with Gasteiger partial charge in [-0.3, -0.25) is 4.79 Å². The summed E-state index contributed by atoms with van der Waals surface area (Å²) in [5, 5.41) is 0. The fourth-order valence-corrected chi connectivity index (χ4v) is 4.38. The van der Waals surface area contributed by atoms with E-state index in [0.29, 0.717) is 12.2 Å². The first-order valence-electron chi connectivity index (χ1n) is 9.65. The topological polar surface area (TPSA) is 97.9 Å². The summed E-state index contributed by atoms with van der Waals surface area (Å²) in [6, 6.07) is 1.78. The van der Waals surface area contributed by atoms with Crippen LogP contribution < -0.4 is 5.73 Å². The van der Waals surface area contributed by atoms with Crippen LogP contribution in [0.25, 0.3) is 0 Å². The number of nitrogen functional groups attached to an aromatic ring is 1. The Kier molecular flexibility index (Phi) is 4.32. The second kappa shape index (κ2) is 6.55. The molecule has 0 saturated carbocycles. The molecular formula is C20H26N6O. The summed E-state index contributed by atoms with van der Waals surface area (Å²) in [4.78, 5) is 32.7. The highest BCUT2D eigenvalue weighted by molar-refractivity contribution is 5.92. The van der Waals surface area contributed by atoms with Crippen LogP contribution in [0.4, 0.5) is 5.95 Å². The van der Waals surface area contributed by atoms with Crippen LogP contribution in [-0.2, 0) is 11.8 Å². The number of aryl methyl sites for hydroxylation is 2. The zero-order valence-corrected chi connectivity index (χ0v) is 16.2. The molecule has 1 fully saturated rings. The first-order chi connectivity index (χ1) is 12.9. The Hall–Kier alpha value is -2.57. The number of nitrogens with two attached hydrogens (primary N) is 1. The highest BCUT2D eigenvalue weighted by Gasteiger charge is 2.44. The zero-order chi connectivity index (χ0) is 19.2. The molecule has 0 aromatic carbocycles. The molecular weight excluding hydrogens is 340 g/mol. The fourth-order valence-electron chi connectivity index (χ4n) is 4.38. The third-order valence-corrected chi connectivity index (χ3v) is 5.80. The van der Waals surface area contributed by atoms with E-state index in [1.807, 2.05) is 31.9 Å². The Labute approximate surface area is 159 Å². The lowest BCUT2D eigenvalue weighted by Crippen LogP contribution is -2.48. The Morgan fingerprint density at radius 2 is 2.07 bits per heavy atom. The summed E-state index contributed by atoms with van der Waals surface area (Å²) in [6.07, 6.45) is 5.98. The molecule has 1 aliphatic carbocycles. The smallest absolute Gasteiger partial charge is 0.272 e. The minimum Gasteiger partial charge on any atom is -0.368 e. The summed E-state index contributed by atoms with van der Waals surface area (Å²) in [7, 11) is 0. The van der Waals surface area contributed by atoms with Crippen molar-refractivity contribution in [1.29, 1.82) is 0 Å². The van der Waals surface area contributed by atoms with E-state index in [9.17, 15) is 4.79 Å². The van der Waals surface area contributed by atoms with Crippen LogP contribution in [0.3, 0.4) is 0 Å². The van der Waals surface area contributed by atoms with E-state index in [4.69, 9.17) is 10.7 Å². The molecule has 7 heteroatoms. The highest BCUT2D eigenvalue weighted by atomic mass is 16.2. The minimum atomic E-state index is -0.0655. The van der Waals surface area contributed by atoms with E-state index < -0.39 is 0 Å². The van der Waals surface area contributed by atoms with Gasteiger partial charge in [-0.1, -0.05) is 13.8 Å². The maximum atomic E-state index is 13.2. The lowest BCUT2D eigenvalue weighted by molar-refractivity contribution is 0.0627. The summed E-state index contributed by atoms with van der Waals surface area (Å²) < 4.78 is 0. The van der Waals surface area contributed by atoms with Crippen molar-refractivity contribution in [3.8, 4) is 0 Å². The molecule has 1 saturated heterocycles. The van der Waals surface area contributed by atoms with Gasteiger partial charge in [0.15, 0.2) is 0 Å². The first-order valence-corrected chi connectivity index (χ1v) is 9.65. The number of piperidine rings is 1. The van der Waals surface area contributed by atoms with E-state index in [0.717, 1.165) is 49.4 Å². The molecule has 1 unspecified atom stereocenters. The maximum absolute atomic E-state index is 13.2. The van der Waals surface area contributed by atoms with Gasteiger partial charge in [0.05, 0.1) is 5.69 Å². The number of hydrogen-bond acceptors (Lipinski definition) is 6. The standard InChI is InChI=1S/C20H26N6O/c1-12(2)15-9-16(25-19(21)24-15)18(27)26-8-4-6-20(11-26)7-5-14-10-22-13(3)23-17(14)20/h9-10,12H,4-8,11H2,1-3H3,(H2,21,24,25). The van der Waals surface area contributed by atoms with Crippen molar-refractivity contribution in [3.05, 3.63) is 40.7 Å². The maximum Gasteiger partial charge on any atom is 0.272 e. The molecule has 1 spiro atoms. The lowest BCUT2D eigenvalue weighted by atomic mass is 9.77. The molecule has 142 valence electrons. The van der Waals surface area contributed by atoms with Gasteiger partial charge in [0, 0.05) is 30.4 Å². The molecule has 2 aliphatic rings. The number of carbonyl (C=O) groups excluding carboxylic acids is 1. The van der Waals surface area contributed by atoms with Crippen molar-refractivity contribution < 1.29 is 4.79 Å². The number of nitrogens with zero attached hydrogens (tertiary/aromatic N) is 5. The number of hydrogen-bond donors (Lipinski definition) is 1. The van der Waals surface area contributed by atoms with Gasteiger partial charge in [-0.15, -0.1) is 0 Å². The van der Waals surface area contributed by atoms with E-state index in [1.165, 1.54) is 5.56 Å². The van der Waals surface area contributed by atoms with Crippen molar-refractivity contribution in [2.75, 3.05) is 18.8 Å². The fraction of sp³-hybridized carbons (Fsp3) is 0.550. The molecule has 2 aromatic heterocycles. The zero-order valence-electron chi connectivity index (χ0n) is 16.2. The lowest BCUT2D eigenvalue weighted by Gasteiger charge is -2.40. The number of carbonyl (C=O) groups is 1. The van der Waals surface area contributed by atoms with Crippen molar-refractivity contribution in [2.24, 2.45) is 0 Å². The van der Waals surface area contributed by atoms with Crippen LogP contribution >= 0.6 is 0 Å². The average Bonchev–Trinajstić information content (AvgIpc) is 2.98. The number of rotatable bonds is 2. The molecule has 4 rings (SSSR count). The molecule has 1 aliphatic heterocycles. The first kappa shape index (κ1) is 17.8. The van der Waals surface area contributed by atoms with E-state index in [1.54, 1.807) is 6.07 Å². The van der Waals surface area contributed by atoms with Crippen molar-refractivity contribution in [3.63, 3.8) is 0 Å². The minimum absolute atomic E-state index is 0.0591. The second-order valence-electron chi connectivity index (χ2n) is 8.09. The third kappa shape index (κ3) is 3.15. The van der Waals surface area contributed by atoms with Crippen LogP contribution in [0.15, 0.2) is 12.3 Å². The molecule has 3 heterocycles. The molecule has 1 atom stereocenters. The van der Waals surface area contributed by atoms with Gasteiger partial charge >= 0.3 is 0 Å². The number of fused-ring (bicyclic) bond motifs is 2. The van der Waals surface area contributed by atoms with Crippen molar-refractivity contribution in [1.82, 2.24) is 24.8 Å². The number of amides is 1. The van der Waals surface area contributed by atoms with Crippen LogP contribution in [0.2, 0.25) is 0 Å². The Bertz CT molecular complexity index is 892. The summed E-state index contributed by atoms with van der Waals surface area (Å²) in [6.45, 7) is 7.40. The largest absolute Gasteiger partial charge is 0.368 e. The van der Waals surface area contributed by atoms with Gasteiger partial charge in [-0.2, -0.15) is 0 Å². The summed E-state index contributed by atoms with van der Waals surface area (Å²) >= 11 is 0. The highest BCUT2D eigenvalue weighted by Crippen LogP contribution is 2.44. The van der Waals surface area contributed by atoms with Crippen LogP contribution in [0, 0.1) is 6.92 Å². The van der Waals surface area contributed by atoms with E-state index >= 15 is 0 Å². The van der Waals surface area contributed by atoms with Gasteiger partial charge in [0.1, 0.15) is 11.5 Å². The summed E-state index contributed by atoms with van der Waals surface area (Å²) in [5.41, 5.74) is 9.34. The van der Waals surface area contributed by atoms with Gasteiger partial charge < -0.3 is 10.6 Å². The molecule has 0 bridgehead atoms. The van der Waals surface area contributed by atoms with Gasteiger partial charge in [-0.05, 0) is 50.2 Å². The van der Waals surface area contributed by atoms with E-state index in [2.05, 4.69) is 15.0 Å². The van der Waals surface area contributed by atoms with Gasteiger partial charge in [0.2, 0.25) is 5.95 Å². The number of anilines is 1. The quantitative estimate of drug-likeness (QED) is 0.876.